The molecule has 0 saturated heterocycles. The summed E-state index contributed by atoms with van der Waals surface area (Å²) in [5.74, 6) is 0. The molecular formula is C9H6F3NO. The van der Waals surface area contributed by atoms with Crippen LogP contribution in [0.25, 0.3) is 0 Å². The van der Waals surface area contributed by atoms with E-state index >= 15 is 0 Å². The first-order valence-electron chi connectivity index (χ1n) is 3.70. The van der Waals surface area contributed by atoms with Crippen LogP contribution in [0.2, 0.25) is 0 Å². The summed E-state index contributed by atoms with van der Waals surface area (Å²) in [6, 6.07) is 5.33. The molecule has 0 saturated carbocycles. The molecule has 1 aromatic carbocycles. The topological polar surface area (TPSA) is 44.0 Å². The fourth-order valence-corrected chi connectivity index (χ4v) is 0.929. The molecule has 0 aliphatic carbocycles. The Balaban J connectivity index is 2.96. The second-order valence-corrected chi connectivity index (χ2v) is 2.65. The number of aliphatic hydroxyl groups excluding tert-OH is 1. The molecule has 1 rings (SSSR count). The molecule has 2 nitrogen and oxygen atoms in total. The third-order valence-electron chi connectivity index (χ3n) is 1.68. The average Bonchev–Trinajstić information content (AvgIpc) is 2.15. The van der Waals surface area contributed by atoms with Gasteiger partial charge in [-0.15, -0.1) is 0 Å². The standard InChI is InChI=1S/C9H6F3NO/c10-9(11,12)7-3-1-6(2-4-7)8(14)5-13/h1-4,8,14H/t8-/m0/s1. The van der Waals surface area contributed by atoms with Gasteiger partial charge < -0.3 is 5.11 Å². The molecular weight excluding hydrogens is 195 g/mol. The van der Waals surface area contributed by atoms with Gasteiger partial charge in [-0.25, -0.2) is 0 Å². The van der Waals surface area contributed by atoms with E-state index in [4.69, 9.17) is 10.4 Å². The van der Waals surface area contributed by atoms with E-state index in [1.807, 2.05) is 0 Å². The predicted octanol–water partition coefficient (Wildman–Crippen LogP) is 2.26. The summed E-state index contributed by atoms with van der Waals surface area (Å²) in [4.78, 5) is 0. The first kappa shape index (κ1) is 10.5. The number of hydrogen-bond donors (Lipinski definition) is 1. The van der Waals surface area contributed by atoms with Crippen LogP contribution in [-0.4, -0.2) is 5.11 Å². The Bertz CT molecular complexity index is 350. The molecule has 0 unspecified atom stereocenters. The zero-order valence-corrected chi connectivity index (χ0v) is 6.92. The fourth-order valence-electron chi connectivity index (χ4n) is 0.929. The third kappa shape index (κ3) is 2.24. The molecule has 0 amide bonds. The lowest BCUT2D eigenvalue weighted by atomic mass is 10.1. The van der Waals surface area contributed by atoms with Crippen LogP contribution in [0.1, 0.15) is 17.2 Å². The number of benzene rings is 1. The summed E-state index contributed by atoms with van der Waals surface area (Å²) in [7, 11) is 0. The van der Waals surface area contributed by atoms with Crippen LogP contribution >= 0.6 is 0 Å². The van der Waals surface area contributed by atoms with Crippen molar-refractivity contribution in [3.05, 3.63) is 35.4 Å². The van der Waals surface area contributed by atoms with Crippen molar-refractivity contribution in [3.63, 3.8) is 0 Å². The Morgan fingerprint density at radius 3 is 2.07 bits per heavy atom. The van der Waals surface area contributed by atoms with Crippen molar-refractivity contribution in [1.82, 2.24) is 0 Å². The van der Waals surface area contributed by atoms with Gasteiger partial charge in [0.2, 0.25) is 0 Å². The van der Waals surface area contributed by atoms with Gasteiger partial charge in [0.25, 0.3) is 0 Å². The Hall–Kier alpha value is -1.54. The zero-order chi connectivity index (χ0) is 10.8. The predicted molar refractivity (Wildman–Crippen MR) is 42.0 cm³/mol. The maximum absolute atomic E-state index is 12.1. The molecule has 0 aliphatic rings. The number of hydrogen-bond acceptors (Lipinski definition) is 2. The Labute approximate surface area is 78.2 Å². The van der Waals surface area contributed by atoms with Crippen molar-refractivity contribution in [3.8, 4) is 6.07 Å². The minimum atomic E-state index is -4.39. The number of nitriles is 1. The molecule has 0 radical (unpaired) electrons. The largest absolute Gasteiger partial charge is 0.416 e. The number of nitrogens with zero attached hydrogens (tertiary/aromatic N) is 1. The third-order valence-corrected chi connectivity index (χ3v) is 1.68. The molecule has 0 fully saturated rings. The van der Waals surface area contributed by atoms with Crippen LogP contribution in [0.4, 0.5) is 13.2 Å². The minimum absolute atomic E-state index is 0.153. The minimum Gasteiger partial charge on any atom is -0.374 e. The lowest BCUT2D eigenvalue weighted by Crippen LogP contribution is -2.05. The summed E-state index contributed by atoms with van der Waals surface area (Å²) >= 11 is 0. The Morgan fingerprint density at radius 1 is 1.21 bits per heavy atom. The van der Waals surface area contributed by atoms with Gasteiger partial charge in [0.1, 0.15) is 0 Å². The molecule has 0 aliphatic heterocycles. The van der Waals surface area contributed by atoms with Gasteiger partial charge in [-0.05, 0) is 17.7 Å². The fraction of sp³-hybridized carbons (Fsp3) is 0.222. The highest BCUT2D eigenvalue weighted by atomic mass is 19.4. The number of aliphatic hydroxyl groups is 1. The van der Waals surface area contributed by atoms with E-state index in [1.54, 1.807) is 0 Å². The molecule has 1 aromatic rings. The molecule has 1 atom stereocenters. The maximum atomic E-state index is 12.1. The van der Waals surface area contributed by atoms with Crippen LogP contribution in [0.3, 0.4) is 0 Å². The van der Waals surface area contributed by atoms with Crippen molar-refractivity contribution in [2.75, 3.05) is 0 Å². The normalized spacial score (nSPS) is 13.4. The van der Waals surface area contributed by atoms with Crippen LogP contribution < -0.4 is 0 Å². The highest BCUT2D eigenvalue weighted by Gasteiger charge is 2.30. The van der Waals surface area contributed by atoms with Crippen LogP contribution in [-0.2, 0) is 6.18 Å². The van der Waals surface area contributed by atoms with E-state index in [-0.39, 0.29) is 5.56 Å². The molecule has 14 heavy (non-hydrogen) atoms. The van der Waals surface area contributed by atoms with Gasteiger partial charge in [0, 0.05) is 0 Å². The molecule has 1 N–H and O–H groups in total. The quantitative estimate of drug-likeness (QED) is 0.708. The van der Waals surface area contributed by atoms with Crippen LogP contribution in [0.15, 0.2) is 24.3 Å². The second kappa shape index (κ2) is 3.68. The smallest absolute Gasteiger partial charge is 0.374 e. The Morgan fingerprint density at radius 2 is 1.71 bits per heavy atom. The van der Waals surface area contributed by atoms with Crippen molar-refractivity contribution >= 4 is 0 Å². The summed E-state index contributed by atoms with van der Waals surface area (Å²) in [6.45, 7) is 0. The van der Waals surface area contributed by atoms with Gasteiger partial charge in [-0.2, -0.15) is 18.4 Å². The average molecular weight is 201 g/mol. The van der Waals surface area contributed by atoms with Crippen molar-refractivity contribution in [2.24, 2.45) is 0 Å². The summed E-state index contributed by atoms with van der Waals surface area (Å²) in [5, 5.41) is 17.3. The summed E-state index contributed by atoms with van der Waals surface area (Å²) < 4.78 is 36.2. The van der Waals surface area contributed by atoms with Crippen molar-refractivity contribution < 1.29 is 18.3 Å². The van der Waals surface area contributed by atoms with Gasteiger partial charge >= 0.3 is 6.18 Å². The number of halogens is 3. The van der Waals surface area contributed by atoms with E-state index in [0.29, 0.717) is 0 Å². The van der Waals surface area contributed by atoms with E-state index in [1.165, 1.54) is 6.07 Å². The van der Waals surface area contributed by atoms with E-state index in [0.717, 1.165) is 24.3 Å². The highest BCUT2D eigenvalue weighted by molar-refractivity contribution is 5.28. The first-order chi connectivity index (χ1) is 6.45. The maximum Gasteiger partial charge on any atom is 0.416 e. The zero-order valence-electron chi connectivity index (χ0n) is 6.92. The molecule has 0 heterocycles. The number of alkyl halides is 3. The lowest BCUT2D eigenvalue weighted by Gasteiger charge is -2.07. The summed E-state index contributed by atoms with van der Waals surface area (Å²) in [6.07, 6.45) is -5.77. The van der Waals surface area contributed by atoms with E-state index in [9.17, 15) is 13.2 Å². The summed E-state index contributed by atoms with van der Waals surface area (Å²) in [5.41, 5.74) is -0.646. The SMILES string of the molecule is N#C[C@H](O)c1ccc(C(F)(F)F)cc1. The van der Waals surface area contributed by atoms with Crippen LogP contribution in [0, 0.1) is 11.3 Å². The van der Waals surface area contributed by atoms with Gasteiger partial charge in [-0.3, -0.25) is 0 Å². The van der Waals surface area contributed by atoms with Gasteiger partial charge in [0.15, 0.2) is 6.10 Å². The van der Waals surface area contributed by atoms with Gasteiger partial charge in [0.05, 0.1) is 11.6 Å². The molecule has 74 valence electrons. The molecule has 5 heteroatoms. The van der Waals surface area contributed by atoms with E-state index < -0.39 is 17.8 Å². The van der Waals surface area contributed by atoms with Crippen molar-refractivity contribution in [2.45, 2.75) is 12.3 Å². The van der Waals surface area contributed by atoms with E-state index in [2.05, 4.69) is 0 Å². The second-order valence-electron chi connectivity index (χ2n) is 2.65. The van der Waals surface area contributed by atoms with Crippen LogP contribution in [0.5, 0.6) is 0 Å². The van der Waals surface area contributed by atoms with Crippen molar-refractivity contribution in [1.29, 1.82) is 5.26 Å². The lowest BCUT2D eigenvalue weighted by molar-refractivity contribution is -0.137. The number of rotatable bonds is 1. The van der Waals surface area contributed by atoms with Gasteiger partial charge in [-0.1, -0.05) is 12.1 Å². The monoisotopic (exact) mass is 201 g/mol. The Kier molecular flexibility index (Phi) is 2.77. The highest BCUT2D eigenvalue weighted by Crippen LogP contribution is 2.29. The molecule has 0 aromatic heterocycles. The molecule has 0 bridgehead atoms. The first-order valence-corrected chi connectivity index (χ1v) is 3.70. The molecule has 0 spiro atoms.